The molecule has 0 N–H and O–H groups in total. The van der Waals surface area contributed by atoms with Gasteiger partial charge in [-0.25, -0.2) is 0 Å². The molecule has 0 radical (unpaired) electrons. The highest BCUT2D eigenvalue weighted by molar-refractivity contribution is 5.71. The minimum absolute atomic E-state index is 0.0667. The molecule has 0 saturated carbocycles. The smallest absolute Gasteiger partial charge is 0.306 e. The summed E-state index contributed by atoms with van der Waals surface area (Å²) >= 11 is 0. The van der Waals surface area contributed by atoms with E-state index in [1.54, 1.807) is 0 Å². The Morgan fingerprint density at radius 2 is 0.648 bits per heavy atom. The lowest BCUT2D eigenvalue weighted by molar-refractivity contribution is -0.167. The van der Waals surface area contributed by atoms with Crippen LogP contribution in [0.5, 0.6) is 0 Å². The lowest BCUT2D eigenvalue weighted by Gasteiger charge is -2.18. The molecule has 0 fully saturated rings. The molecule has 0 heterocycles. The van der Waals surface area contributed by atoms with Crippen molar-refractivity contribution in [1.82, 2.24) is 0 Å². The van der Waals surface area contributed by atoms with Crippen molar-refractivity contribution in [3.63, 3.8) is 0 Å². The van der Waals surface area contributed by atoms with Crippen molar-refractivity contribution in [2.24, 2.45) is 17.8 Å². The van der Waals surface area contributed by atoms with Gasteiger partial charge in [-0.05, 0) is 37.0 Å². The van der Waals surface area contributed by atoms with Crippen molar-refractivity contribution in [2.45, 2.75) is 260 Å². The van der Waals surface area contributed by atoms with Crippen LogP contribution >= 0.6 is 0 Å². The van der Waals surface area contributed by atoms with Crippen molar-refractivity contribution < 1.29 is 28.6 Å². The molecule has 0 spiro atoms. The van der Waals surface area contributed by atoms with E-state index in [0.717, 1.165) is 75.5 Å². The van der Waals surface area contributed by atoms with E-state index in [0.29, 0.717) is 19.3 Å². The maximum Gasteiger partial charge on any atom is 0.306 e. The lowest BCUT2D eigenvalue weighted by atomic mass is 9.99. The Hall–Kier alpha value is -1.59. The Morgan fingerprint density at radius 3 is 0.963 bits per heavy atom. The molecule has 0 aliphatic rings. The summed E-state index contributed by atoms with van der Waals surface area (Å²) in [6.07, 6.45) is 36.7. The molecule has 54 heavy (non-hydrogen) atoms. The maximum atomic E-state index is 12.7. The van der Waals surface area contributed by atoms with Gasteiger partial charge in [0.1, 0.15) is 13.2 Å². The van der Waals surface area contributed by atoms with Gasteiger partial charge in [-0.1, -0.05) is 215 Å². The van der Waals surface area contributed by atoms with Gasteiger partial charge >= 0.3 is 17.9 Å². The van der Waals surface area contributed by atoms with Crippen LogP contribution in [-0.4, -0.2) is 37.2 Å². The molecule has 6 nitrogen and oxygen atoms in total. The second-order valence-corrected chi connectivity index (χ2v) is 17.6. The third-order valence-electron chi connectivity index (χ3n) is 11.0. The van der Waals surface area contributed by atoms with E-state index in [4.69, 9.17) is 14.2 Å². The molecular formula is C48H92O6. The number of rotatable bonds is 41. The highest BCUT2D eigenvalue weighted by atomic mass is 16.6. The molecule has 0 bridgehead atoms. The summed E-state index contributed by atoms with van der Waals surface area (Å²) in [5.41, 5.74) is 0. The normalized spacial score (nSPS) is 12.7. The van der Waals surface area contributed by atoms with E-state index in [-0.39, 0.29) is 31.1 Å². The number of hydrogen-bond acceptors (Lipinski definition) is 6. The van der Waals surface area contributed by atoms with Crippen molar-refractivity contribution in [1.29, 1.82) is 0 Å². The van der Waals surface area contributed by atoms with Crippen LogP contribution < -0.4 is 0 Å². The van der Waals surface area contributed by atoms with Gasteiger partial charge in [0.05, 0.1) is 0 Å². The molecule has 2 atom stereocenters. The molecule has 1 unspecified atom stereocenters. The number of ether oxygens (including phenoxy) is 3. The van der Waals surface area contributed by atoms with E-state index in [2.05, 4.69) is 41.5 Å². The number of unbranched alkanes of at least 4 members (excludes halogenated alkanes) is 23. The van der Waals surface area contributed by atoms with Crippen LogP contribution in [0.4, 0.5) is 0 Å². The Labute approximate surface area is 336 Å². The summed E-state index contributed by atoms with van der Waals surface area (Å²) < 4.78 is 16.7. The topological polar surface area (TPSA) is 78.9 Å². The van der Waals surface area contributed by atoms with Gasteiger partial charge in [-0.2, -0.15) is 0 Å². The summed E-state index contributed by atoms with van der Waals surface area (Å²) in [5.74, 6) is 1.58. The number of carbonyl (C=O) groups is 3. The van der Waals surface area contributed by atoms with Gasteiger partial charge in [-0.3, -0.25) is 14.4 Å². The van der Waals surface area contributed by atoms with Crippen LogP contribution in [0.3, 0.4) is 0 Å². The summed E-state index contributed by atoms with van der Waals surface area (Å²) in [6.45, 7) is 13.6. The van der Waals surface area contributed by atoms with Crippen LogP contribution in [0.15, 0.2) is 0 Å². The highest BCUT2D eigenvalue weighted by Crippen LogP contribution is 2.17. The lowest BCUT2D eigenvalue weighted by Crippen LogP contribution is -2.30. The summed E-state index contributed by atoms with van der Waals surface area (Å²) in [6, 6.07) is 0. The van der Waals surface area contributed by atoms with Gasteiger partial charge in [0.2, 0.25) is 0 Å². The Kier molecular flexibility index (Phi) is 38.5. The van der Waals surface area contributed by atoms with Crippen LogP contribution in [-0.2, 0) is 28.6 Å². The number of esters is 3. The fourth-order valence-corrected chi connectivity index (χ4v) is 7.02. The predicted molar refractivity (Wildman–Crippen MR) is 229 cm³/mol. The molecule has 0 aromatic heterocycles. The largest absolute Gasteiger partial charge is 0.462 e. The first-order valence-electron chi connectivity index (χ1n) is 23.6. The van der Waals surface area contributed by atoms with Crippen LogP contribution in [0, 0.1) is 17.8 Å². The van der Waals surface area contributed by atoms with Crippen LogP contribution in [0.25, 0.3) is 0 Å². The SMILES string of the molecule is CCC(C)CCCCCCCCCCC(=O)OC[C@H](COC(=O)CCCCCCCCCCCCCCC(C)C)OC(=O)CCCCCCCCC(C)C. The van der Waals surface area contributed by atoms with E-state index >= 15 is 0 Å². The zero-order chi connectivity index (χ0) is 39.9. The average Bonchev–Trinajstić information content (AvgIpc) is 3.14. The molecular weight excluding hydrogens is 673 g/mol. The van der Waals surface area contributed by atoms with E-state index in [1.807, 2.05) is 0 Å². The first-order chi connectivity index (χ1) is 26.1. The molecule has 0 aliphatic heterocycles. The molecule has 0 aromatic carbocycles. The Morgan fingerprint density at radius 1 is 0.370 bits per heavy atom. The quantitative estimate of drug-likeness (QED) is 0.0350. The molecule has 6 heteroatoms. The Balaban J connectivity index is 4.30. The average molecular weight is 765 g/mol. The molecule has 0 aliphatic carbocycles. The number of carbonyl (C=O) groups excluding carboxylic acids is 3. The van der Waals surface area contributed by atoms with Crippen molar-refractivity contribution >= 4 is 17.9 Å². The van der Waals surface area contributed by atoms with E-state index in [9.17, 15) is 14.4 Å². The van der Waals surface area contributed by atoms with Crippen molar-refractivity contribution in [3.8, 4) is 0 Å². The maximum absolute atomic E-state index is 12.7. The van der Waals surface area contributed by atoms with Gasteiger partial charge in [-0.15, -0.1) is 0 Å². The molecule has 0 saturated heterocycles. The van der Waals surface area contributed by atoms with Gasteiger partial charge < -0.3 is 14.2 Å². The van der Waals surface area contributed by atoms with E-state index < -0.39 is 6.10 Å². The van der Waals surface area contributed by atoms with Gasteiger partial charge in [0.25, 0.3) is 0 Å². The summed E-state index contributed by atoms with van der Waals surface area (Å²) in [4.78, 5) is 37.7. The summed E-state index contributed by atoms with van der Waals surface area (Å²) in [7, 11) is 0. The van der Waals surface area contributed by atoms with E-state index in [1.165, 1.54) is 135 Å². The minimum atomic E-state index is -0.762. The molecule has 0 aromatic rings. The van der Waals surface area contributed by atoms with Gasteiger partial charge in [0, 0.05) is 19.3 Å². The van der Waals surface area contributed by atoms with Crippen LogP contribution in [0.1, 0.15) is 253 Å². The zero-order valence-corrected chi connectivity index (χ0v) is 37.0. The zero-order valence-electron chi connectivity index (χ0n) is 37.0. The second-order valence-electron chi connectivity index (χ2n) is 17.6. The predicted octanol–water partition coefficient (Wildman–Crippen LogP) is 14.8. The second kappa shape index (κ2) is 39.6. The number of hydrogen-bond donors (Lipinski definition) is 0. The third kappa shape index (κ3) is 40.1. The molecule has 320 valence electrons. The minimum Gasteiger partial charge on any atom is -0.462 e. The monoisotopic (exact) mass is 765 g/mol. The standard InChI is InChI=1S/C48H92O6/c1-7-44(6)36-30-24-17-14-15-19-26-32-38-47(50)53-41-45(54-48(51)39-33-27-21-20-23-29-35-43(4)5)40-52-46(49)37-31-25-18-13-11-9-8-10-12-16-22-28-34-42(2)3/h42-45H,7-41H2,1-6H3/t44?,45-/m0/s1. The van der Waals surface area contributed by atoms with Gasteiger partial charge in [0.15, 0.2) is 6.10 Å². The highest BCUT2D eigenvalue weighted by Gasteiger charge is 2.19. The third-order valence-corrected chi connectivity index (χ3v) is 11.0. The summed E-state index contributed by atoms with van der Waals surface area (Å²) in [5, 5.41) is 0. The van der Waals surface area contributed by atoms with Crippen LogP contribution in [0.2, 0.25) is 0 Å². The fraction of sp³-hybridized carbons (Fsp3) is 0.938. The Bertz CT molecular complexity index is 839. The first kappa shape index (κ1) is 52.4. The van der Waals surface area contributed by atoms with Crippen molar-refractivity contribution in [2.75, 3.05) is 13.2 Å². The first-order valence-corrected chi connectivity index (χ1v) is 23.6. The fourth-order valence-electron chi connectivity index (χ4n) is 7.02. The van der Waals surface area contributed by atoms with Crippen molar-refractivity contribution in [3.05, 3.63) is 0 Å². The molecule has 0 rings (SSSR count). The molecule has 0 amide bonds.